The lowest BCUT2D eigenvalue weighted by molar-refractivity contribution is -0.109. The standard InChI is InChI=1S/C22H23F3N6O/c1-4-5-19(31(2)3)29-21-28-12-16(23)20(30-21)14-6-7-17(15(10-14)11-26)32-18-8-9-27-13-22(18,24)25/h4-7,10,12,18,27H,1,8-9,13H2,2-3H3,(H,28,29,30)/b19-5-. The van der Waals surface area contributed by atoms with Crippen molar-refractivity contribution in [3.8, 4) is 23.1 Å². The van der Waals surface area contributed by atoms with Gasteiger partial charge in [0.2, 0.25) is 5.95 Å². The molecule has 0 spiro atoms. The number of hydrogen-bond acceptors (Lipinski definition) is 7. The molecule has 168 valence electrons. The number of benzene rings is 1. The number of halogens is 3. The highest BCUT2D eigenvalue weighted by atomic mass is 19.3. The second-order valence-corrected chi connectivity index (χ2v) is 7.35. The van der Waals surface area contributed by atoms with Gasteiger partial charge in [0, 0.05) is 26.1 Å². The van der Waals surface area contributed by atoms with Crippen molar-refractivity contribution in [2.24, 2.45) is 0 Å². The summed E-state index contributed by atoms with van der Waals surface area (Å²) in [4.78, 5) is 9.93. The number of aromatic nitrogens is 2. The van der Waals surface area contributed by atoms with Gasteiger partial charge in [0.15, 0.2) is 11.9 Å². The summed E-state index contributed by atoms with van der Waals surface area (Å²) in [7, 11) is 3.60. The number of allylic oxidation sites excluding steroid dienone is 2. The molecule has 1 aromatic heterocycles. The monoisotopic (exact) mass is 444 g/mol. The molecule has 10 heteroatoms. The van der Waals surface area contributed by atoms with Crippen LogP contribution in [0, 0.1) is 17.1 Å². The molecule has 1 atom stereocenters. The fourth-order valence-electron chi connectivity index (χ4n) is 3.14. The number of nitriles is 1. The molecule has 0 aliphatic carbocycles. The van der Waals surface area contributed by atoms with Crippen LogP contribution in [0.25, 0.3) is 11.3 Å². The second-order valence-electron chi connectivity index (χ2n) is 7.35. The van der Waals surface area contributed by atoms with Crippen LogP contribution in [0.1, 0.15) is 12.0 Å². The zero-order chi connectivity index (χ0) is 23.3. The Labute approximate surface area is 184 Å². The van der Waals surface area contributed by atoms with Crippen molar-refractivity contribution in [1.29, 1.82) is 5.26 Å². The normalized spacial score (nSPS) is 17.9. The third-order valence-corrected chi connectivity index (χ3v) is 4.80. The number of piperidine rings is 1. The minimum absolute atomic E-state index is 0.00453. The lowest BCUT2D eigenvalue weighted by Gasteiger charge is -2.32. The van der Waals surface area contributed by atoms with Crippen LogP contribution in [0.4, 0.5) is 19.1 Å². The van der Waals surface area contributed by atoms with Crippen molar-refractivity contribution in [3.05, 3.63) is 60.3 Å². The molecule has 3 rings (SSSR count). The highest BCUT2D eigenvalue weighted by molar-refractivity contribution is 5.65. The zero-order valence-electron chi connectivity index (χ0n) is 17.7. The van der Waals surface area contributed by atoms with Crippen LogP contribution in [0.5, 0.6) is 5.75 Å². The Morgan fingerprint density at radius 2 is 2.22 bits per heavy atom. The number of nitrogens with zero attached hydrogens (tertiary/aromatic N) is 4. The molecule has 0 amide bonds. The third kappa shape index (κ3) is 5.18. The van der Waals surface area contributed by atoms with Crippen LogP contribution in [-0.2, 0) is 0 Å². The fourth-order valence-corrected chi connectivity index (χ4v) is 3.14. The number of anilines is 1. The van der Waals surface area contributed by atoms with Crippen molar-refractivity contribution in [3.63, 3.8) is 0 Å². The predicted octanol–water partition coefficient (Wildman–Crippen LogP) is 3.53. The molecule has 1 fully saturated rings. The van der Waals surface area contributed by atoms with Gasteiger partial charge in [-0.05, 0) is 30.8 Å². The van der Waals surface area contributed by atoms with E-state index in [0.29, 0.717) is 12.4 Å². The topological polar surface area (TPSA) is 86.1 Å². The van der Waals surface area contributed by atoms with Gasteiger partial charge in [-0.25, -0.2) is 23.1 Å². The first-order valence-electron chi connectivity index (χ1n) is 9.84. The van der Waals surface area contributed by atoms with Crippen molar-refractivity contribution >= 4 is 5.95 Å². The van der Waals surface area contributed by atoms with Crippen LogP contribution in [0.2, 0.25) is 0 Å². The van der Waals surface area contributed by atoms with Crippen LogP contribution in [0.3, 0.4) is 0 Å². The summed E-state index contributed by atoms with van der Waals surface area (Å²) in [6.07, 6.45) is 3.04. The fraction of sp³-hybridized carbons (Fsp3) is 0.318. The second kappa shape index (κ2) is 9.70. The number of alkyl halides is 2. The van der Waals surface area contributed by atoms with Crippen LogP contribution >= 0.6 is 0 Å². The molecule has 1 aliphatic heterocycles. The summed E-state index contributed by atoms with van der Waals surface area (Å²) in [5, 5.41) is 15.1. The maximum atomic E-state index is 14.5. The van der Waals surface area contributed by atoms with E-state index in [4.69, 9.17) is 4.74 Å². The molecule has 0 bridgehead atoms. The Bertz CT molecular complexity index is 1060. The van der Waals surface area contributed by atoms with Gasteiger partial charge in [0.1, 0.15) is 23.3 Å². The first-order valence-corrected chi connectivity index (χ1v) is 9.84. The van der Waals surface area contributed by atoms with Gasteiger partial charge < -0.3 is 20.3 Å². The van der Waals surface area contributed by atoms with Gasteiger partial charge in [-0.15, -0.1) is 0 Å². The van der Waals surface area contributed by atoms with E-state index in [0.717, 1.165) is 6.20 Å². The summed E-state index contributed by atoms with van der Waals surface area (Å²) >= 11 is 0. The van der Waals surface area contributed by atoms with Crippen molar-refractivity contribution in [2.45, 2.75) is 18.4 Å². The van der Waals surface area contributed by atoms with Gasteiger partial charge in [-0.1, -0.05) is 12.7 Å². The SMILES string of the molecule is C=C/C=C(/Nc1ncc(F)c(-c2ccc(OC3CCNCC3(F)F)c(C#N)c2)n1)N(C)C. The Morgan fingerprint density at radius 3 is 2.88 bits per heavy atom. The minimum Gasteiger partial charge on any atom is -0.483 e. The molecule has 1 aromatic carbocycles. The lowest BCUT2D eigenvalue weighted by Crippen LogP contribution is -2.52. The van der Waals surface area contributed by atoms with E-state index in [-0.39, 0.29) is 34.9 Å². The van der Waals surface area contributed by atoms with Crippen molar-refractivity contribution < 1.29 is 17.9 Å². The van der Waals surface area contributed by atoms with E-state index < -0.39 is 24.4 Å². The summed E-state index contributed by atoms with van der Waals surface area (Å²) in [6, 6.07) is 6.13. The molecular formula is C22H23F3N6O. The largest absolute Gasteiger partial charge is 0.483 e. The van der Waals surface area contributed by atoms with E-state index in [9.17, 15) is 18.4 Å². The predicted molar refractivity (Wildman–Crippen MR) is 115 cm³/mol. The summed E-state index contributed by atoms with van der Waals surface area (Å²) in [5.41, 5.74) is 0.243. The average molecular weight is 444 g/mol. The number of nitrogens with one attached hydrogen (secondary N) is 2. The smallest absolute Gasteiger partial charge is 0.296 e. The molecule has 2 heterocycles. The Morgan fingerprint density at radius 1 is 1.44 bits per heavy atom. The van der Waals surface area contributed by atoms with Gasteiger partial charge >= 0.3 is 0 Å². The zero-order valence-corrected chi connectivity index (χ0v) is 17.7. The maximum Gasteiger partial charge on any atom is 0.296 e. The van der Waals surface area contributed by atoms with Crippen molar-refractivity contribution in [1.82, 2.24) is 20.2 Å². The van der Waals surface area contributed by atoms with Crippen molar-refractivity contribution in [2.75, 3.05) is 32.5 Å². The van der Waals surface area contributed by atoms with Crippen LogP contribution in [0.15, 0.2) is 48.9 Å². The van der Waals surface area contributed by atoms with E-state index in [2.05, 4.69) is 27.2 Å². The first kappa shape index (κ1) is 23.1. The molecule has 0 radical (unpaired) electrons. The third-order valence-electron chi connectivity index (χ3n) is 4.80. The summed E-state index contributed by atoms with van der Waals surface area (Å²) in [6.45, 7) is 3.54. The molecule has 1 unspecified atom stereocenters. The molecule has 2 N–H and O–H groups in total. The lowest BCUT2D eigenvalue weighted by atomic mass is 10.0. The Balaban J connectivity index is 1.91. The van der Waals surface area contributed by atoms with E-state index in [1.165, 1.54) is 18.2 Å². The van der Waals surface area contributed by atoms with E-state index in [1.54, 1.807) is 31.1 Å². The molecule has 7 nitrogen and oxygen atoms in total. The quantitative estimate of drug-likeness (QED) is 0.632. The molecular weight excluding hydrogens is 421 g/mol. The Kier molecular flexibility index (Phi) is 7.00. The maximum absolute atomic E-state index is 14.5. The van der Waals surface area contributed by atoms with E-state index in [1.807, 2.05) is 6.07 Å². The average Bonchev–Trinajstić information content (AvgIpc) is 2.76. The minimum atomic E-state index is -3.06. The number of rotatable bonds is 7. The number of hydrogen-bond donors (Lipinski definition) is 2. The van der Waals surface area contributed by atoms with Crippen LogP contribution < -0.4 is 15.4 Å². The van der Waals surface area contributed by atoms with Gasteiger partial charge in [-0.2, -0.15) is 5.26 Å². The van der Waals surface area contributed by atoms with Crippen LogP contribution in [-0.4, -0.2) is 54.1 Å². The highest BCUT2D eigenvalue weighted by Crippen LogP contribution is 2.32. The number of ether oxygens (including phenoxy) is 1. The molecule has 0 saturated carbocycles. The highest BCUT2D eigenvalue weighted by Gasteiger charge is 2.43. The molecule has 1 saturated heterocycles. The van der Waals surface area contributed by atoms with Gasteiger partial charge in [0.25, 0.3) is 5.92 Å². The first-order chi connectivity index (χ1) is 15.2. The summed E-state index contributed by atoms with van der Waals surface area (Å²) in [5.74, 6) is -2.98. The molecule has 32 heavy (non-hydrogen) atoms. The van der Waals surface area contributed by atoms with E-state index >= 15 is 0 Å². The Hall–Kier alpha value is -3.58. The van der Waals surface area contributed by atoms with Gasteiger partial charge in [0.05, 0.1) is 18.3 Å². The molecule has 2 aromatic rings. The molecule has 1 aliphatic rings. The summed E-state index contributed by atoms with van der Waals surface area (Å²) < 4.78 is 48.1. The van der Waals surface area contributed by atoms with Gasteiger partial charge in [-0.3, -0.25) is 0 Å².